The fourth-order valence-corrected chi connectivity index (χ4v) is 2.03. The van der Waals surface area contributed by atoms with Gasteiger partial charge in [-0.3, -0.25) is 0 Å². The van der Waals surface area contributed by atoms with E-state index < -0.39 is 0 Å². The third-order valence-electron chi connectivity index (χ3n) is 3.44. The number of hydrogen-bond donors (Lipinski definition) is 0. The highest BCUT2D eigenvalue weighted by atomic mass is 16.5. The Morgan fingerprint density at radius 1 is 0.850 bits per heavy atom. The van der Waals surface area contributed by atoms with Crippen LogP contribution < -0.4 is 0 Å². The van der Waals surface area contributed by atoms with Crippen molar-refractivity contribution in [1.82, 2.24) is 10.1 Å². The van der Waals surface area contributed by atoms with Crippen LogP contribution in [0.15, 0.2) is 22.7 Å². The zero-order valence-electron chi connectivity index (χ0n) is 13.5. The molecule has 3 heteroatoms. The van der Waals surface area contributed by atoms with Crippen molar-refractivity contribution in [1.29, 1.82) is 0 Å². The molecule has 20 heavy (non-hydrogen) atoms. The average Bonchev–Trinajstić information content (AvgIpc) is 2.73. The molecule has 1 heterocycles. The minimum Gasteiger partial charge on any atom is -0.334 e. The Kier molecular flexibility index (Phi) is 3.49. The fraction of sp³-hybridized carbons (Fsp3) is 0.529. The Balaban J connectivity index is 2.63. The van der Waals surface area contributed by atoms with E-state index in [0.29, 0.717) is 11.7 Å². The lowest BCUT2D eigenvalue weighted by Gasteiger charge is -2.25. The number of aromatic nitrogens is 2. The molecule has 0 spiro atoms. The predicted molar refractivity (Wildman–Crippen MR) is 81.9 cm³/mol. The van der Waals surface area contributed by atoms with E-state index in [2.05, 4.69) is 69.9 Å². The van der Waals surface area contributed by atoms with Gasteiger partial charge in [-0.15, -0.1) is 0 Å². The van der Waals surface area contributed by atoms with E-state index in [1.807, 2.05) is 6.92 Å². The van der Waals surface area contributed by atoms with Gasteiger partial charge in [-0.1, -0.05) is 52.8 Å². The van der Waals surface area contributed by atoms with Crippen molar-refractivity contribution in [2.75, 3.05) is 0 Å². The minimum absolute atomic E-state index is 0.0884. The number of aryl methyl sites for hydroxylation is 1. The second-order valence-electron chi connectivity index (χ2n) is 7.45. The normalized spacial score (nSPS) is 12.8. The molecule has 1 aromatic heterocycles. The van der Waals surface area contributed by atoms with Crippen LogP contribution in [0.4, 0.5) is 0 Å². The molecule has 3 nitrogen and oxygen atoms in total. The van der Waals surface area contributed by atoms with Crippen LogP contribution in [0.5, 0.6) is 0 Å². The van der Waals surface area contributed by atoms with Crippen LogP contribution >= 0.6 is 0 Å². The van der Waals surface area contributed by atoms with Gasteiger partial charge in [-0.2, -0.15) is 4.98 Å². The number of hydrogen-bond acceptors (Lipinski definition) is 3. The quantitative estimate of drug-likeness (QED) is 0.759. The van der Waals surface area contributed by atoms with E-state index in [9.17, 15) is 0 Å². The van der Waals surface area contributed by atoms with Crippen molar-refractivity contribution < 1.29 is 4.52 Å². The summed E-state index contributed by atoms with van der Waals surface area (Å²) in [6, 6.07) is 6.59. The Bertz CT molecular complexity index is 580. The molecule has 0 aliphatic carbocycles. The molecule has 0 saturated heterocycles. The van der Waals surface area contributed by atoms with Crippen molar-refractivity contribution >= 4 is 0 Å². The second kappa shape index (κ2) is 4.72. The maximum Gasteiger partial charge on any atom is 0.257 e. The van der Waals surface area contributed by atoms with Gasteiger partial charge < -0.3 is 4.52 Å². The Labute approximate surface area is 121 Å². The SMILES string of the molecule is Cc1noc(-c2cc(C(C)(C)C)cc(C(C)(C)C)c2)n1. The first kappa shape index (κ1) is 14.8. The van der Waals surface area contributed by atoms with E-state index in [1.165, 1.54) is 11.1 Å². The summed E-state index contributed by atoms with van der Waals surface area (Å²) in [6.07, 6.45) is 0. The molecule has 2 aromatic rings. The van der Waals surface area contributed by atoms with Crippen LogP contribution in [0.2, 0.25) is 0 Å². The van der Waals surface area contributed by atoms with Gasteiger partial charge in [0.15, 0.2) is 5.82 Å². The van der Waals surface area contributed by atoms with Gasteiger partial charge in [-0.05, 0) is 41.0 Å². The van der Waals surface area contributed by atoms with E-state index >= 15 is 0 Å². The maximum absolute atomic E-state index is 5.32. The first-order valence-corrected chi connectivity index (χ1v) is 7.04. The molecule has 0 aliphatic heterocycles. The van der Waals surface area contributed by atoms with Gasteiger partial charge in [0.1, 0.15) is 0 Å². The molecule has 0 saturated carbocycles. The molecule has 0 amide bonds. The van der Waals surface area contributed by atoms with Crippen molar-refractivity contribution in [3.8, 4) is 11.5 Å². The minimum atomic E-state index is 0.0884. The number of benzene rings is 1. The molecule has 0 aliphatic rings. The summed E-state index contributed by atoms with van der Waals surface area (Å²) in [5, 5.41) is 3.89. The molecular formula is C17H24N2O. The van der Waals surface area contributed by atoms with E-state index in [1.54, 1.807) is 0 Å². The highest BCUT2D eigenvalue weighted by molar-refractivity contribution is 5.58. The van der Waals surface area contributed by atoms with Gasteiger partial charge >= 0.3 is 0 Å². The molecule has 0 unspecified atom stereocenters. The smallest absolute Gasteiger partial charge is 0.257 e. The van der Waals surface area contributed by atoms with Gasteiger partial charge in [0.2, 0.25) is 0 Å². The summed E-state index contributed by atoms with van der Waals surface area (Å²) >= 11 is 0. The van der Waals surface area contributed by atoms with Gasteiger partial charge in [0.05, 0.1) is 0 Å². The van der Waals surface area contributed by atoms with Crippen molar-refractivity contribution in [2.24, 2.45) is 0 Å². The van der Waals surface area contributed by atoms with E-state index in [-0.39, 0.29) is 10.8 Å². The largest absolute Gasteiger partial charge is 0.334 e. The lowest BCUT2D eigenvalue weighted by molar-refractivity contribution is 0.425. The first-order chi connectivity index (χ1) is 9.07. The molecular weight excluding hydrogens is 248 g/mol. The fourth-order valence-electron chi connectivity index (χ4n) is 2.03. The third-order valence-corrected chi connectivity index (χ3v) is 3.44. The molecule has 0 N–H and O–H groups in total. The molecule has 108 valence electrons. The Hall–Kier alpha value is -1.64. The Morgan fingerprint density at radius 3 is 1.70 bits per heavy atom. The lowest BCUT2D eigenvalue weighted by atomic mass is 9.79. The van der Waals surface area contributed by atoms with Crippen molar-refractivity contribution in [2.45, 2.75) is 59.3 Å². The highest BCUT2D eigenvalue weighted by Crippen LogP contribution is 2.33. The van der Waals surface area contributed by atoms with Gasteiger partial charge in [0.25, 0.3) is 5.89 Å². The van der Waals surface area contributed by atoms with Crippen LogP contribution in [-0.2, 0) is 10.8 Å². The topological polar surface area (TPSA) is 38.9 Å². The van der Waals surface area contributed by atoms with Crippen LogP contribution in [0, 0.1) is 6.92 Å². The van der Waals surface area contributed by atoms with Gasteiger partial charge in [-0.25, -0.2) is 0 Å². The number of rotatable bonds is 1. The van der Waals surface area contributed by atoms with Crippen LogP contribution in [0.1, 0.15) is 58.5 Å². The molecule has 0 fully saturated rings. The maximum atomic E-state index is 5.32. The molecule has 0 bridgehead atoms. The second-order valence-corrected chi connectivity index (χ2v) is 7.45. The Morgan fingerprint density at radius 2 is 1.35 bits per heavy atom. The molecule has 1 aromatic carbocycles. The molecule has 0 radical (unpaired) electrons. The lowest BCUT2D eigenvalue weighted by Crippen LogP contribution is -2.16. The summed E-state index contributed by atoms with van der Waals surface area (Å²) < 4.78 is 5.32. The standard InChI is InChI=1S/C17H24N2O/c1-11-18-15(20-19-11)12-8-13(16(2,3)4)10-14(9-12)17(5,6)7/h8-10H,1-7H3. The molecule has 0 atom stereocenters. The summed E-state index contributed by atoms with van der Waals surface area (Å²) in [6.45, 7) is 15.2. The van der Waals surface area contributed by atoms with E-state index in [4.69, 9.17) is 4.52 Å². The summed E-state index contributed by atoms with van der Waals surface area (Å²) in [7, 11) is 0. The summed E-state index contributed by atoms with van der Waals surface area (Å²) in [5.41, 5.74) is 3.75. The van der Waals surface area contributed by atoms with Crippen LogP contribution in [-0.4, -0.2) is 10.1 Å². The van der Waals surface area contributed by atoms with Gasteiger partial charge in [0, 0.05) is 5.56 Å². The summed E-state index contributed by atoms with van der Waals surface area (Å²) in [4.78, 5) is 4.35. The zero-order valence-corrected chi connectivity index (χ0v) is 13.5. The number of nitrogens with zero attached hydrogens (tertiary/aromatic N) is 2. The summed E-state index contributed by atoms with van der Waals surface area (Å²) in [5.74, 6) is 1.26. The highest BCUT2D eigenvalue weighted by Gasteiger charge is 2.22. The van der Waals surface area contributed by atoms with Crippen LogP contribution in [0.3, 0.4) is 0 Å². The van der Waals surface area contributed by atoms with Crippen molar-refractivity contribution in [3.05, 3.63) is 35.2 Å². The predicted octanol–water partition coefficient (Wildman–Crippen LogP) is 4.64. The van der Waals surface area contributed by atoms with Crippen LogP contribution in [0.25, 0.3) is 11.5 Å². The van der Waals surface area contributed by atoms with E-state index in [0.717, 1.165) is 5.56 Å². The monoisotopic (exact) mass is 272 g/mol. The third kappa shape index (κ3) is 3.09. The average molecular weight is 272 g/mol. The molecule has 2 rings (SSSR count). The first-order valence-electron chi connectivity index (χ1n) is 7.04. The van der Waals surface area contributed by atoms with Crippen molar-refractivity contribution in [3.63, 3.8) is 0 Å². The zero-order chi connectivity index (χ0) is 15.1.